The Morgan fingerprint density at radius 2 is 1.56 bits per heavy atom. The molecule has 0 amide bonds. The Hall–Kier alpha value is -0.860. The lowest BCUT2D eigenvalue weighted by atomic mass is 9.89. The molecule has 1 aromatic carbocycles. The normalized spacial score (nSPS) is 11.4. The fourth-order valence-electron chi connectivity index (χ4n) is 2.02. The quantitative estimate of drug-likeness (QED) is 0.774. The molecular formula is C14H22O2. The van der Waals surface area contributed by atoms with Gasteiger partial charge in [-0.2, -0.15) is 0 Å². The standard InChI is InChI=1S/C14H22O2/c1-10(2)12-6-5-7-13(11(3)4)14(12)8-16-9-15/h5-7,10-11,15H,8-9H2,1-4H3. The van der Waals surface area contributed by atoms with E-state index < -0.39 is 0 Å². The van der Waals surface area contributed by atoms with E-state index in [4.69, 9.17) is 9.84 Å². The number of benzene rings is 1. The highest BCUT2D eigenvalue weighted by Gasteiger charge is 2.13. The molecule has 0 aliphatic rings. The lowest BCUT2D eigenvalue weighted by Gasteiger charge is -2.19. The van der Waals surface area contributed by atoms with Crippen LogP contribution in [0, 0.1) is 0 Å². The Morgan fingerprint density at radius 3 is 1.94 bits per heavy atom. The summed E-state index contributed by atoms with van der Waals surface area (Å²) >= 11 is 0. The molecule has 0 unspecified atom stereocenters. The minimum atomic E-state index is -0.218. The van der Waals surface area contributed by atoms with Gasteiger partial charge in [-0.3, -0.25) is 0 Å². The average Bonchev–Trinajstić information content (AvgIpc) is 2.25. The van der Waals surface area contributed by atoms with Crippen LogP contribution in [-0.2, 0) is 11.3 Å². The van der Waals surface area contributed by atoms with Gasteiger partial charge in [-0.25, -0.2) is 0 Å². The van der Waals surface area contributed by atoms with E-state index in [1.807, 2.05) is 0 Å². The number of hydrogen-bond donors (Lipinski definition) is 1. The lowest BCUT2D eigenvalue weighted by molar-refractivity contribution is -0.0118. The van der Waals surface area contributed by atoms with E-state index in [0.717, 1.165) is 0 Å². The maximum absolute atomic E-state index is 8.76. The molecule has 0 saturated carbocycles. The van der Waals surface area contributed by atoms with E-state index in [1.165, 1.54) is 16.7 Å². The van der Waals surface area contributed by atoms with Gasteiger partial charge in [-0.05, 0) is 28.5 Å². The average molecular weight is 222 g/mol. The van der Waals surface area contributed by atoms with Crippen LogP contribution >= 0.6 is 0 Å². The van der Waals surface area contributed by atoms with Gasteiger partial charge in [-0.1, -0.05) is 45.9 Å². The molecule has 0 aromatic heterocycles. The molecule has 2 nitrogen and oxygen atoms in total. The molecule has 90 valence electrons. The van der Waals surface area contributed by atoms with Crippen LogP contribution in [0.5, 0.6) is 0 Å². The van der Waals surface area contributed by atoms with Gasteiger partial charge in [0, 0.05) is 0 Å². The lowest BCUT2D eigenvalue weighted by Crippen LogP contribution is -2.06. The summed E-state index contributed by atoms with van der Waals surface area (Å²) in [6.07, 6.45) is 0. The van der Waals surface area contributed by atoms with Crippen molar-refractivity contribution < 1.29 is 9.84 Å². The maximum Gasteiger partial charge on any atom is 0.144 e. The van der Waals surface area contributed by atoms with E-state index in [9.17, 15) is 0 Å². The third-order valence-electron chi connectivity index (χ3n) is 2.83. The van der Waals surface area contributed by atoms with Crippen molar-refractivity contribution in [2.24, 2.45) is 0 Å². The van der Waals surface area contributed by atoms with Crippen LogP contribution < -0.4 is 0 Å². The molecule has 0 bridgehead atoms. The molecule has 16 heavy (non-hydrogen) atoms. The second kappa shape index (κ2) is 6.02. The summed E-state index contributed by atoms with van der Waals surface area (Å²) in [6.45, 7) is 9.01. The molecule has 0 atom stereocenters. The smallest absolute Gasteiger partial charge is 0.144 e. The Morgan fingerprint density at radius 1 is 1.06 bits per heavy atom. The van der Waals surface area contributed by atoms with E-state index in [0.29, 0.717) is 18.4 Å². The minimum Gasteiger partial charge on any atom is -0.371 e. The van der Waals surface area contributed by atoms with Crippen molar-refractivity contribution >= 4 is 0 Å². The summed E-state index contributed by atoms with van der Waals surface area (Å²) in [5, 5.41) is 8.76. The summed E-state index contributed by atoms with van der Waals surface area (Å²) in [6, 6.07) is 6.40. The zero-order valence-electron chi connectivity index (χ0n) is 10.7. The zero-order chi connectivity index (χ0) is 12.1. The van der Waals surface area contributed by atoms with Crippen LogP contribution in [0.1, 0.15) is 56.2 Å². The maximum atomic E-state index is 8.76. The molecule has 2 heteroatoms. The predicted molar refractivity (Wildman–Crippen MR) is 66.5 cm³/mol. The van der Waals surface area contributed by atoms with Crippen LogP contribution in [0.2, 0.25) is 0 Å². The first kappa shape index (κ1) is 13.2. The van der Waals surface area contributed by atoms with Crippen LogP contribution in [0.15, 0.2) is 18.2 Å². The van der Waals surface area contributed by atoms with Crippen molar-refractivity contribution in [3.63, 3.8) is 0 Å². The predicted octanol–water partition coefficient (Wildman–Crippen LogP) is 3.40. The van der Waals surface area contributed by atoms with Crippen molar-refractivity contribution in [1.29, 1.82) is 0 Å². The third-order valence-corrected chi connectivity index (χ3v) is 2.83. The molecule has 1 rings (SSSR count). The number of aliphatic hydroxyl groups is 1. The Bertz CT molecular complexity index is 303. The number of aliphatic hydroxyl groups excluding tert-OH is 1. The molecule has 0 heterocycles. The molecule has 0 spiro atoms. The molecule has 0 aliphatic heterocycles. The number of ether oxygens (including phenoxy) is 1. The van der Waals surface area contributed by atoms with Crippen LogP contribution in [-0.4, -0.2) is 11.9 Å². The molecular weight excluding hydrogens is 200 g/mol. The van der Waals surface area contributed by atoms with Crippen LogP contribution in [0.3, 0.4) is 0 Å². The van der Waals surface area contributed by atoms with E-state index in [1.54, 1.807) is 0 Å². The monoisotopic (exact) mass is 222 g/mol. The summed E-state index contributed by atoms with van der Waals surface area (Å²) in [7, 11) is 0. The SMILES string of the molecule is CC(C)c1cccc(C(C)C)c1COCO. The van der Waals surface area contributed by atoms with Gasteiger partial charge >= 0.3 is 0 Å². The van der Waals surface area contributed by atoms with E-state index >= 15 is 0 Å². The largest absolute Gasteiger partial charge is 0.371 e. The Balaban J connectivity index is 3.12. The Labute approximate surface area is 98.3 Å². The van der Waals surface area contributed by atoms with Crippen molar-refractivity contribution in [2.75, 3.05) is 6.79 Å². The molecule has 0 saturated heterocycles. The summed E-state index contributed by atoms with van der Waals surface area (Å²) in [5.41, 5.74) is 3.88. The Kier molecular flexibility index (Phi) is 4.97. The second-order valence-corrected chi connectivity index (χ2v) is 4.70. The topological polar surface area (TPSA) is 29.5 Å². The molecule has 1 N–H and O–H groups in total. The first-order chi connectivity index (χ1) is 7.57. The minimum absolute atomic E-state index is 0.218. The highest BCUT2D eigenvalue weighted by atomic mass is 16.6. The van der Waals surface area contributed by atoms with Crippen molar-refractivity contribution in [2.45, 2.75) is 46.1 Å². The van der Waals surface area contributed by atoms with Crippen LogP contribution in [0.4, 0.5) is 0 Å². The zero-order valence-corrected chi connectivity index (χ0v) is 10.7. The summed E-state index contributed by atoms with van der Waals surface area (Å²) < 4.78 is 5.16. The summed E-state index contributed by atoms with van der Waals surface area (Å²) in [5.74, 6) is 0.965. The second-order valence-electron chi connectivity index (χ2n) is 4.70. The molecule has 0 fully saturated rings. The highest BCUT2D eigenvalue weighted by molar-refractivity contribution is 5.38. The fourth-order valence-corrected chi connectivity index (χ4v) is 2.02. The van der Waals surface area contributed by atoms with Gasteiger partial charge in [0.2, 0.25) is 0 Å². The van der Waals surface area contributed by atoms with Crippen molar-refractivity contribution in [1.82, 2.24) is 0 Å². The van der Waals surface area contributed by atoms with Gasteiger partial charge < -0.3 is 9.84 Å². The first-order valence-electron chi connectivity index (χ1n) is 5.88. The third kappa shape index (κ3) is 3.06. The first-order valence-corrected chi connectivity index (χ1v) is 5.88. The van der Waals surface area contributed by atoms with Gasteiger partial charge in [0.05, 0.1) is 6.61 Å². The number of hydrogen-bond acceptors (Lipinski definition) is 2. The van der Waals surface area contributed by atoms with E-state index in [2.05, 4.69) is 45.9 Å². The number of rotatable bonds is 5. The van der Waals surface area contributed by atoms with Gasteiger partial charge in [-0.15, -0.1) is 0 Å². The fraction of sp³-hybridized carbons (Fsp3) is 0.571. The molecule has 1 aromatic rings. The highest BCUT2D eigenvalue weighted by Crippen LogP contribution is 2.28. The molecule has 0 aliphatic carbocycles. The van der Waals surface area contributed by atoms with Gasteiger partial charge in [0.25, 0.3) is 0 Å². The molecule has 0 radical (unpaired) electrons. The summed E-state index contributed by atoms with van der Waals surface area (Å²) in [4.78, 5) is 0. The van der Waals surface area contributed by atoms with Gasteiger partial charge in [0.15, 0.2) is 0 Å². The van der Waals surface area contributed by atoms with Crippen LogP contribution in [0.25, 0.3) is 0 Å². The van der Waals surface area contributed by atoms with E-state index in [-0.39, 0.29) is 6.79 Å². The van der Waals surface area contributed by atoms with Gasteiger partial charge in [0.1, 0.15) is 6.79 Å². The van der Waals surface area contributed by atoms with Crippen molar-refractivity contribution in [3.05, 3.63) is 34.9 Å². The van der Waals surface area contributed by atoms with Crippen molar-refractivity contribution in [3.8, 4) is 0 Å².